The number of halogens is 1. The van der Waals surface area contributed by atoms with Gasteiger partial charge in [0.05, 0.1) is 12.0 Å². The molecule has 2 aliphatic rings. The topological polar surface area (TPSA) is 75.6 Å². The molecule has 1 aromatic carbocycles. The summed E-state index contributed by atoms with van der Waals surface area (Å²) >= 11 is 0. The minimum Gasteiger partial charge on any atom is -0.481 e. The first kappa shape index (κ1) is 19.1. The number of hydrogen-bond acceptors (Lipinski definition) is 6. The zero-order valence-electron chi connectivity index (χ0n) is 15.7. The normalized spacial score (nSPS) is 18.8. The molecule has 1 aliphatic carbocycles. The smallest absolute Gasteiger partial charge is 0.243 e. The molecule has 1 aromatic heterocycles. The lowest BCUT2D eigenvalue weighted by Gasteiger charge is -2.39. The van der Waals surface area contributed by atoms with Gasteiger partial charge in [-0.3, -0.25) is 0 Å². The predicted octanol–water partition coefficient (Wildman–Crippen LogP) is 2.45. The van der Waals surface area contributed by atoms with Gasteiger partial charge < -0.3 is 9.64 Å². The Labute approximate surface area is 164 Å². The van der Waals surface area contributed by atoms with Gasteiger partial charge in [0, 0.05) is 31.2 Å². The van der Waals surface area contributed by atoms with Crippen LogP contribution in [0.5, 0.6) is 5.88 Å². The van der Waals surface area contributed by atoms with Gasteiger partial charge in [-0.25, -0.2) is 22.8 Å². The maximum absolute atomic E-state index is 13.5. The van der Waals surface area contributed by atoms with Gasteiger partial charge in [-0.2, -0.15) is 4.31 Å². The van der Waals surface area contributed by atoms with Gasteiger partial charge >= 0.3 is 0 Å². The standard InChI is InChI=1S/C19H23FN4O3S/c1-27-19-12-18(21-13-22-19)24(15-5-6-15)16-7-9-23(10-8-16)28(25,26)17-4-2-3-14(20)11-17/h2-4,11-13,15-16H,5-10H2,1H3. The van der Waals surface area contributed by atoms with Crippen molar-refractivity contribution in [3.63, 3.8) is 0 Å². The van der Waals surface area contributed by atoms with Crippen LogP contribution in [0.15, 0.2) is 41.6 Å². The van der Waals surface area contributed by atoms with Crippen LogP contribution in [0.3, 0.4) is 0 Å². The Bertz CT molecular complexity index is 944. The van der Waals surface area contributed by atoms with Crippen LogP contribution in [-0.2, 0) is 10.0 Å². The molecule has 2 aromatic rings. The number of methoxy groups -OCH3 is 1. The summed E-state index contributed by atoms with van der Waals surface area (Å²) in [5.41, 5.74) is 0. The Balaban J connectivity index is 1.49. The van der Waals surface area contributed by atoms with E-state index in [0.29, 0.717) is 37.9 Å². The third-order valence-electron chi connectivity index (χ3n) is 5.29. The zero-order valence-corrected chi connectivity index (χ0v) is 16.5. The van der Waals surface area contributed by atoms with E-state index in [1.807, 2.05) is 6.07 Å². The molecule has 0 radical (unpaired) electrons. The summed E-state index contributed by atoms with van der Waals surface area (Å²) in [4.78, 5) is 10.8. The van der Waals surface area contributed by atoms with E-state index in [4.69, 9.17) is 4.74 Å². The van der Waals surface area contributed by atoms with Gasteiger partial charge in [0.15, 0.2) is 0 Å². The van der Waals surface area contributed by atoms with E-state index in [2.05, 4.69) is 14.9 Å². The fraction of sp³-hybridized carbons (Fsp3) is 0.474. The van der Waals surface area contributed by atoms with Crippen molar-refractivity contribution >= 4 is 15.8 Å². The molecule has 4 rings (SSSR count). The summed E-state index contributed by atoms with van der Waals surface area (Å²) in [5, 5.41) is 0. The largest absolute Gasteiger partial charge is 0.481 e. The van der Waals surface area contributed by atoms with E-state index >= 15 is 0 Å². The van der Waals surface area contributed by atoms with Gasteiger partial charge in [0.25, 0.3) is 0 Å². The van der Waals surface area contributed by atoms with Crippen LogP contribution >= 0.6 is 0 Å². The van der Waals surface area contributed by atoms with E-state index in [9.17, 15) is 12.8 Å². The van der Waals surface area contributed by atoms with Crippen LogP contribution in [0.25, 0.3) is 0 Å². The molecule has 0 bridgehead atoms. The molecule has 2 fully saturated rings. The van der Waals surface area contributed by atoms with E-state index in [1.165, 1.54) is 28.8 Å². The summed E-state index contributed by atoms with van der Waals surface area (Å²) in [6.07, 6.45) is 5.09. The highest BCUT2D eigenvalue weighted by atomic mass is 32.2. The molecule has 0 spiro atoms. The maximum Gasteiger partial charge on any atom is 0.243 e. The van der Waals surface area contributed by atoms with Crippen molar-refractivity contribution < 1.29 is 17.5 Å². The number of sulfonamides is 1. The van der Waals surface area contributed by atoms with Gasteiger partial charge in [-0.1, -0.05) is 6.07 Å². The number of aromatic nitrogens is 2. The monoisotopic (exact) mass is 406 g/mol. The number of ether oxygens (including phenoxy) is 1. The van der Waals surface area contributed by atoms with E-state index in [-0.39, 0.29) is 10.9 Å². The van der Waals surface area contributed by atoms with Crippen molar-refractivity contribution in [2.75, 3.05) is 25.1 Å². The third kappa shape index (κ3) is 3.81. The van der Waals surface area contributed by atoms with E-state index in [1.54, 1.807) is 7.11 Å². The maximum atomic E-state index is 13.5. The van der Waals surface area contributed by atoms with Crippen molar-refractivity contribution in [2.45, 2.75) is 42.7 Å². The molecular formula is C19H23FN4O3S. The molecule has 1 saturated carbocycles. The first-order chi connectivity index (χ1) is 13.5. The first-order valence-electron chi connectivity index (χ1n) is 9.39. The Morgan fingerprint density at radius 3 is 2.46 bits per heavy atom. The lowest BCUT2D eigenvalue weighted by atomic mass is 10.0. The average molecular weight is 406 g/mol. The number of anilines is 1. The van der Waals surface area contributed by atoms with Gasteiger partial charge in [0.2, 0.25) is 15.9 Å². The Morgan fingerprint density at radius 2 is 1.82 bits per heavy atom. The molecule has 0 N–H and O–H groups in total. The van der Waals surface area contributed by atoms with Gasteiger partial charge in [-0.05, 0) is 43.9 Å². The first-order valence-corrected chi connectivity index (χ1v) is 10.8. The molecular weight excluding hydrogens is 383 g/mol. The van der Waals surface area contributed by atoms with Crippen LogP contribution in [0.1, 0.15) is 25.7 Å². The molecule has 0 atom stereocenters. The molecule has 0 amide bonds. The van der Waals surface area contributed by atoms with Crippen molar-refractivity contribution in [1.82, 2.24) is 14.3 Å². The lowest BCUT2D eigenvalue weighted by Crippen LogP contribution is -2.48. The molecule has 7 nitrogen and oxygen atoms in total. The number of benzene rings is 1. The molecule has 1 saturated heterocycles. The SMILES string of the molecule is COc1cc(N(C2CC2)C2CCN(S(=O)(=O)c3cccc(F)c3)CC2)ncn1. The second-order valence-corrected chi connectivity index (χ2v) is 9.09. The van der Waals surface area contributed by atoms with Gasteiger partial charge in [0.1, 0.15) is 18.0 Å². The minimum absolute atomic E-state index is 0.00513. The number of nitrogens with zero attached hydrogens (tertiary/aromatic N) is 4. The number of piperidine rings is 1. The fourth-order valence-corrected chi connectivity index (χ4v) is 5.25. The highest BCUT2D eigenvalue weighted by Gasteiger charge is 2.38. The molecule has 28 heavy (non-hydrogen) atoms. The second kappa shape index (κ2) is 7.63. The van der Waals surface area contributed by atoms with Crippen LogP contribution in [0.4, 0.5) is 10.2 Å². The van der Waals surface area contributed by atoms with Gasteiger partial charge in [-0.15, -0.1) is 0 Å². The third-order valence-corrected chi connectivity index (χ3v) is 7.19. The van der Waals surface area contributed by atoms with Crippen molar-refractivity contribution in [2.24, 2.45) is 0 Å². The second-order valence-electron chi connectivity index (χ2n) is 7.15. The highest BCUT2D eigenvalue weighted by Crippen LogP contribution is 2.36. The quantitative estimate of drug-likeness (QED) is 0.734. The van der Waals surface area contributed by atoms with E-state index < -0.39 is 15.8 Å². The summed E-state index contributed by atoms with van der Waals surface area (Å²) in [6.45, 7) is 0.796. The van der Waals surface area contributed by atoms with Crippen LogP contribution in [0, 0.1) is 5.82 Å². The summed E-state index contributed by atoms with van der Waals surface area (Å²) in [7, 11) is -2.11. The highest BCUT2D eigenvalue weighted by molar-refractivity contribution is 7.89. The minimum atomic E-state index is -3.68. The Kier molecular flexibility index (Phi) is 5.20. The fourth-order valence-electron chi connectivity index (χ4n) is 3.74. The number of hydrogen-bond donors (Lipinski definition) is 0. The summed E-state index contributed by atoms with van der Waals surface area (Å²) in [6, 6.07) is 7.64. The van der Waals surface area contributed by atoms with Crippen molar-refractivity contribution in [1.29, 1.82) is 0 Å². The molecule has 150 valence electrons. The predicted molar refractivity (Wildman–Crippen MR) is 102 cm³/mol. The average Bonchev–Trinajstić information content (AvgIpc) is 3.54. The van der Waals surface area contributed by atoms with Crippen LogP contribution < -0.4 is 9.64 Å². The summed E-state index contributed by atoms with van der Waals surface area (Å²) in [5.74, 6) is 0.788. The number of rotatable bonds is 6. The lowest BCUT2D eigenvalue weighted by molar-refractivity contribution is 0.307. The Hall–Kier alpha value is -2.26. The molecule has 1 aliphatic heterocycles. The van der Waals surface area contributed by atoms with Crippen LogP contribution in [0.2, 0.25) is 0 Å². The zero-order chi connectivity index (χ0) is 19.7. The Morgan fingerprint density at radius 1 is 1.11 bits per heavy atom. The van der Waals surface area contributed by atoms with Crippen molar-refractivity contribution in [3.8, 4) is 5.88 Å². The van der Waals surface area contributed by atoms with E-state index in [0.717, 1.165) is 24.7 Å². The van der Waals surface area contributed by atoms with Crippen molar-refractivity contribution in [3.05, 3.63) is 42.5 Å². The molecule has 0 unspecified atom stereocenters. The summed E-state index contributed by atoms with van der Waals surface area (Å²) < 4.78 is 45.8. The van der Waals surface area contributed by atoms with Crippen LogP contribution in [-0.4, -0.2) is 55.0 Å². The molecule has 9 heteroatoms. The molecule has 2 heterocycles.